The summed E-state index contributed by atoms with van der Waals surface area (Å²) in [5.41, 5.74) is 7.85. The molecule has 16 heavy (non-hydrogen) atoms. The van der Waals surface area contributed by atoms with Crippen LogP contribution in [0.25, 0.3) is 0 Å². The van der Waals surface area contributed by atoms with Gasteiger partial charge in [0.05, 0.1) is 11.8 Å². The van der Waals surface area contributed by atoms with Crippen LogP contribution in [0.5, 0.6) is 0 Å². The highest BCUT2D eigenvalue weighted by atomic mass is 32.2. The third-order valence-corrected chi connectivity index (χ3v) is 3.70. The molecule has 0 fully saturated rings. The van der Waals surface area contributed by atoms with Gasteiger partial charge in [0, 0.05) is 35.8 Å². The minimum atomic E-state index is 0.626. The SMILES string of the molecule is N#CCCCN1CCSc2ccc(N)cc21. The molecule has 1 heterocycles. The van der Waals surface area contributed by atoms with E-state index < -0.39 is 0 Å². The topological polar surface area (TPSA) is 53.0 Å². The maximum Gasteiger partial charge on any atom is 0.0622 e. The Labute approximate surface area is 100 Å². The summed E-state index contributed by atoms with van der Waals surface area (Å²) in [5, 5.41) is 8.54. The largest absolute Gasteiger partial charge is 0.399 e. The van der Waals surface area contributed by atoms with Crippen molar-refractivity contribution >= 4 is 23.1 Å². The molecule has 0 atom stereocenters. The Morgan fingerprint density at radius 3 is 3.19 bits per heavy atom. The highest BCUT2D eigenvalue weighted by Crippen LogP contribution is 2.35. The van der Waals surface area contributed by atoms with Gasteiger partial charge in [0.15, 0.2) is 0 Å². The van der Waals surface area contributed by atoms with E-state index in [1.54, 1.807) is 0 Å². The Morgan fingerprint density at radius 2 is 2.38 bits per heavy atom. The van der Waals surface area contributed by atoms with Gasteiger partial charge in [0.25, 0.3) is 0 Å². The fourth-order valence-electron chi connectivity index (χ4n) is 1.87. The number of unbranched alkanes of at least 4 members (excludes halogenated alkanes) is 1. The molecule has 0 spiro atoms. The molecule has 0 aliphatic carbocycles. The molecular formula is C12H15N3S. The lowest BCUT2D eigenvalue weighted by Crippen LogP contribution is -2.30. The zero-order chi connectivity index (χ0) is 11.4. The van der Waals surface area contributed by atoms with Gasteiger partial charge in [-0.15, -0.1) is 11.8 Å². The van der Waals surface area contributed by atoms with Crippen LogP contribution in [0, 0.1) is 11.3 Å². The molecule has 0 amide bonds. The van der Waals surface area contributed by atoms with Crippen molar-refractivity contribution in [2.45, 2.75) is 17.7 Å². The molecule has 0 saturated carbocycles. The summed E-state index contributed by atoms with van der Waals surface area (Å²) in [6, 6.07) is 8.26. The summed E-state index contributed by atoms with van der Waals surface area (Å²) in [7, 11) is 0. The average Bonchev–Trinajstić information content (AvgIpc) is 2.30. The minimum Gasteiger partial charge on any atom is -0.399 e. The second kappa shape index (κ2) is 5.13. The molecule has 3 nitrogen and oxygen atoms in total. The number of benzene rings is 1. The molecule has 2 rings (SSSR count). The molecule has 1 aromatic rings. The van der Waals surface area contributed by atoms with Gasteiger partial charge in [0.1, 0.15) is 0 Å². The van der Waals surface area contributed by atoms with E-state index in [4.69, 9.17) is 11.0 Å². The Morgan fingerprint density at radius 1 is 1.50 bits per heavy atom. The lowest BCUT2D eigenvalue weighted by Gasteiger charge is -2.30. The van der Waals surface area contributed by atoms with Gasteiger partial charge in [0.2, 0.25) is 0 Å². The molecular weight excluding hydrogens is 218 g/mol. The zero-order valence-corrected chi connectivity index (χ0v) is 9.96. The van der Waals surface area contributed by atoms with Crippen molar-refractivity contribution in [3.05, 3.63) is 18.2 Å². The van der Waals surface area contributed by atoms with Crippen molar-refractivity contribution in [1.29, 1.82) is 5.26 Å². The van der Waals surface area contributed by atoms with Gasteiger partial charge in [-0.1, -0.05) is 0 Å². The Bertz CT molecular complexity index is 411. The van der Waals surface area contributed by atoms with Crippen LogP contribution in [-0.2, 0) is 0 Å². The quantitative estimate of drug-likeness (QED) is 0.643. The van der Waals surface area contributed by atoms with Crippen molar-refractivity contribution in [3.8, 4) is 6.07 Å². The smallest absolute Gasteiger partial charge is 0.0622 e. The average molecular weight is 233 g/mol. The van der Waals surface area contributed by atoms with E-state index in [1.807, 2.05) is 23.9 Å². The summed E-state index contributed by atoms with van der Waals surface area (Å²) in [6.07, 6.45) is 1.55. The van der Waals surface area contributed by atoms with Crippen LogP contribution >= 0.6 is 11.8 Å². The van der Waals surface area contributed by atoms with E-state index in [9.17, 15) is 0 Å². The van der Waals surface area contributed by atoms with Crippen LogP contribution in [0.1, 0.15) is 12.8 Å². The van der Waals surface area contributed by atoms with E-state index in [2.05, 4.69) is 17.0 Å². The number of nitriles is 1. The second-order valence-electron chi connectivity index (χ2n) is 3.82. The summed E-state index contributed by atoms with van der Waals surface area (Å²) in [5.74, 6) is 1.11. The van der Waals surface area contributed by atoms with Gasteiger partial charge in [-0.3, -0.25) is 0 Å². The maximum absolute atomic E-state index is 8.54. The van der Waals surface area contributed by atoms with Crippen LogP contribution in [0.4, 0.5) is 11.4 Å². The predicted molar refractivity (Wildman–Crippen MR) is 68.6 cm³/mol. The number of rotatable bonds is 3. The highest BCUT2D eigenvalue weighted by Gasteiger charge is 2.16. The summed E-state index contributed by atoms with van der Waals surface area (Å²) < 4.78 is 0. The lowest BCUT2D eigenvalue weighted by atomic mass is 10.2. The van der Waals surface area contributed by atoms with Gasteiger partial charge < -0.3 is 10.6 Å². The lowest BCUT2D eigenvalue weighted by molar-refractivity contribution is 0.753. The second-order valence-corrected chi connectivity index (χ2v) is 4.96. The number of hydrogen-bond donors (Lipinski definition) is 1. The molecule has 84 valence electrons. The molecule has 0 unspecified atom stereocenters. The van der Waals surface area contributed by atoms with Crippen molar-refractivity contribution in [2.24, 2.45) is 0 Å². The van der Waals surface area contributed by atoms with Crippen LogP contribution in [0.3, 0.4) is 0 Å². The van der Waals surface area contributed by atoms with Crippen LogP contribution in [0.2, 0.25) is 0 Å². The number of anilines is 2. The van der Waals surface area contributed by atoms with Crippen LogP contribution in [-0.4, -0.2) is 18.8 Å². The Balaban J connectivity index is 2.12. The normalized spacial score (nSPS) is 14.3. The van der Waals surface area contributed by atoms with Crippen molar-refractivity contribution < 1.29 is 0 Å². The molecule has 1 aromatic carbocycles. The van der Waals surface area contributed by atoms with E-state index >= 15 is 0 Å². The maximum atomic E-state index is 8.54. The van der Waals surface area contributed by atoms with E-state index in [-0.39, 0.29) is 0 Å². The predicted octanol–water partition coefficient (Wildman–Crippen LogP) is 2.48. The zero-order valence-electron chi connectivity index (χ0n) is 9.15. The third kappa shape index (κ3) is 2.42. The van der Waals surface area contributed by atoms with Crippen LogP contribution in [0.15, 0.2) is 23.1 Å². The van der Waals surface area contributed by atoms with Gasteiger partial charge in [-0.25, -0.2) is 0 Å². The van der Waals surface area contributed by atoms with Gasteiger partial charge in [-0.2, -0.15) is 5.26 Å². The van der Waals surface area contributed by atoms with Crippen molar-refractivity contribution in [1.82, 2.24) is 0 Å². The third-order valence-electron chi connectivity index (χ3n) is 2.66. The molecule has 0 aromatic heterocycles. The first-order valence-electron chi connectivity index (χ1n) is 5.45. The molecule has 1 aliphatic rings. The monoisotopic (exact) mass is 233 g/mol. The summed E-state index contributed by atoms with van der Waals surface area (Å²) >= 11 is 1.88. The van der Waals surface area contributed by atoms with Crippen molar-refractivity contribution in [3.63, 3.8) is 0 Å². The molecule has 0 radical (unpaired) electrons. The van der Waals surface area contributed by atoms with Gasteiger partial charge in [-0.05, 0) is 24.6 Å². The first-order chi connectivity index (χ1) is 7.81. The number of fused-ring (bicyclic) bond motifs is 1. The summed E-state index contributed by atoms with van der Waals surface area (Å²) in [4.78, 5) is 3.64. The highest BCUT2D eigenvalue weighted by molar-refractivity contribution is 7.99. The fraction of sp³-hybridized carbons (Fsp3) is 0.417. The summed E-state index contributed by atoms with van der Waals surface area (Å²) in [6.45, 7) is 2.00. The molecule has 4 heteroatoms. The van der Waals surface area contributed by atoms with Crippen LogP contribution < -0.4 is 10.6 Å². The first-order valence-corrected chi connectivity index (χ1v) is 6.44. The number of nitrogen functional groups attached to an aromatic ring is 1. The number of nitrogens with two attached hydrogens (primary N) is 1. The molecule has 0 bridgehead atoms. The van der Waals surface area contributed by atoms with E-state index in [0.29, 0.717) is 6.42 Å². The number of hydrogen-bond acceptors (Lipinski definition) is 4. The Kier molecular flexibility index (Phi) is 3.58. The van der Waals surface area contributed by atoms with Gasteiger partial charge >= 0.3 is 0 Å². The molecule has 2 N–H and O–H groups in total. The molecule has 0 saturated heterocycles. The molecule has 1 aliphatic heterocycles. The van der Waals surface area contributed by atoms with E-state index in [1.165, 1.54) is 10.6 Å². The minimum absolute atomic E-state index is 0.626. The van der Waals surface area contributed by atoms with E-state index in [0.717, 1.165) is 31.0 Å². The van der Waals surface area contributed by atoms with Crippen molar-refractivity contribution in [2.75, 3.05) is 29.5 Å². The standard InChI is InChI=1S/C12H15N3S/c13-5-1-2-6-15-7-8-16-12-4-3-10(14)9-11(12)15/h3-4,9H,1-2,6-8,14H2. The number of thioether (sulfide) groups is 1. The number of nitrogens with zero attached hydrogens (tertiary/aromatic N) is 2. The Hall–Kier alpha value is -1.34. The first kappa shape index (κ1) is 11.2. The fourth-order valence-corrected chi connectivity index (χ4v) is 2.90.